The van der Waals surface area contributed by atoms with Gasteiger partial charge in [0, 0.05) is 31.9 Å². The summed E-state index contributed by atoms with van der Waals surface area (Å²) in [6, 6.07) is 6.35. The van der Waals surface area contributed by atoms with E-state index in [4.69, 9.17) is 5.11 Å². The molecule has 0 spiro atoms. The van der Waals surface area contributed by atoms with E-state index in [0.717, 1.165) is 13.1 Å². The number of piperazine rings is 1. The van der Waals surface area contributed by atoms with Gasteiger partial charge in [0.05, 0.1) is 0 Å². The molecule has 20 heavy (non-hydrogen) atoms. The molecule has 0 atom stereocenters. The third-order valence-corrected chi connectivity index (χ3v) is 3.63. The topological polar surface area (TPSA) is 60.9 Å². The maximum Gasteiger partial charge on any atom is 0.312 e. The van der Waals surface area contributed by atoms with Gasteiger partial charge in [-0.25, -0.2) is 0 Å². The van der Waals surface area contributed by atoms with Crippen LogP contribution in [-0.4, -0.2) is 48.1 Å². The molecule has 108 valence electrons. The first-order valence-corrected chi connectivity index (χ1v) is 6.79. The lowest BCUT2D eigenvalue weighted by Crippen LogP contribution is -2.49. The van der Waals surface area contributed by atoms with Crippen LogP contribution in [0.15, 0.2) is 18.2 Å². The number of amides is 1. The molecule has 1 heterocycles. The number of benzene rings is 1. The normalized spacial score (nSPS) is 15.3. The minimum Gasteiger partial charge on any atom is -0.481 e. The fourth-order valence-electron chi connectivity index (χ4n) is 2.60. The van der Waals surface area contributed by atoms with E-state index in [-0.39, 0.29) is 5.91 Å². The molecule has 1 aliphatic heterocycles. The lowest BCUT2D eigenvalue weighted by atomic mass is 10.1. The quantitative estimate of drug-likeness (QED) is 0.848. The summed E-state index contributed by atoms with van der Waals surface area (Å²) in [7, 11) is 0. The van der Waals surface area contributed by atoms with Crippen molar-refractivity contribution < 1.29 is 14.7 Å². The summed E-state index contributed by atoms with van der Waals surface area (Å²) in [6.07, 6.45) is -0.413. The van der Waals surface area contributed by atoms with Gasteiger partial charge in [-0.05, 0) is 25.5 Å². The molecule has 0 unspecified atom stereocenters. The number of nitrogens with zero attached hydrogens (tertiary/aromatic N) is 2. The number of hydrogen-bond acceptors (Lipinski definition) is 3. The van der Waals surface area contributed by atoms with Crippen LogP contribution >= 0.6 is 0 Å². The van der Waals surface area contributed by atoms with E-state index in [1.165, 1.54) is 16.8 Å². The Morgan fingerprint density at radius 1 is 1.15 bits per heavy atom. The van der Waals surface area contributed by atoms with Crippen LogP contribution in [0.5, 0.6) is 0 Å². The molecular weight excluding hydrogens is 256 g/mol. The van der Waals surface area contributed by atoms with E-state index < -0.39 is 12.4 Å². The van der Waals surface area contributed by atoms with Gasteiger partial charge in [0.25, 0.3) is 0 Å². The molecule has 1 aromatic carbocycles. The minimum atomic E-state index is -1.06. The summed E-state index contributed by atoms with van der Waals surface area (Å²) >= 11 is 0. The van der Waals surface area contributed by atoms with Crippen molar-refractivity contribution in [3.05, 3.63) is 29.3 Å². The fraction of sp³-hybridized carbons (Fsp3) is 0.467. The van der Waals surface area contributed by atoms with Crippen molar-refractivity contribution in [2.45, 2.75) is 20.3 Å². The second kappa shape index (κ2) is 5.94. The second-order valence-corrected chi connectivity index (χ2v) is 5.23. The predicted octanol–water partition coefficient (Wildman–Crippen LogP) is 1.43. The van der Waals surface area contributed by atoms with E-state index in [0.29, 0.717) is 13.1 Å². The highest BCUT2D eigenvalue weighted by Gasteiger charge is 2.23. The maximum atomic E-state index is 11.7. The smallest absolute Gasteiger partial charge is 0.312 e. The molecule has 1 amide bonds. The highest BCUT2D eigenvalue weighted by atomic mass is 16.4. The van der Waals surface area contributed by atoms with Gasteiger partial charge in [0.15, 0.2) is 0 Å². The number of carboxylic acids is 1. The lowest BCUT2D eigenvalue weighted by Gasteiger charge is -2.36. The fourth-order valence-corrected chi connectivity index (χ4v) is 2.60. The lowest BCUT2D eigenvalue weighted by molar-refractivity contribution is -0.144. The van der Waals surface area contributed by atoms with E-state index in [1.54, 1.807) is 4.90 Å². The third kappa shape index (κ3) is 3.29. The molecule has 1 aliphatic rings. The Labute approximate surface area is 118 Å². The zero-order valence-corrected chi connectivity index (χ0v) is 11.9. The summed E-state index contributed by atoms with van der Waals surface area (Å²) in [5.74, 6) is -1.36. The van der Waals surface area contributed by atoms with Crippen LogP contribution in [-0.2, 0) is 9.59 Å². The zero-order valence-electron chi connectivity index (χ0n) is 11.9. The van der Waals surface area contributed by atoms with Gasteiger partial charge < -0.3 is 14.9 Å². The van der Waals surface area contributed by atoms with Crippen molar-refractivity contribution in [2.75, 3.05) is 31.1 Å². The van der Waals surface area contributed by atoms with Gasteiger partial charge in [-0.3, -0.25) is 9.59 Å². The number of carbonyl (C=O) groups excluding carboxylic acids is 1. The number of anilines is 1. The van der Waals surface area contributed by atoms with Crippen molar-refractivity contribution in [3.63, 3.8) is 0 Å². The Morgan fingerprint density at radius 2 is 1.80 bits per heavy atom. The molecule has 1 aromatic rings. The number of aliphatic carboxylic acids is 1. The van der Waals surface area contributed by atoms with Crippen LogP contribution in [0.25, 0.3) is 0 Å². The van der Waals surface area contributed by atoms with E-state index in [9.17, 15) is 9.59 Å². The third-order valence-electron chi connectivity index (χ3n) is 3.63. The van der Waals surface area contributed by atoms with Gasteiger partial charge in [0.1, 0.15) is 6.42 Å². The van der Waals surface area contributed by atoms with E-state index in [2.05, 4.69) is 36.9 Å². The molecule has 0 aliphatic carbocycles. The largest absolute Gasteiger partial charge is 0.481 e. The Morgan fingerprint density at radius 3 is 2.35 bits per heavy atom. The Balaban J connectivity index is 1.97. The van der Waals surface area contributed by atoms with Gasteiger partial charge in [-0.15, -0.1) is 0 Å². The van der Waals surface area contributed by atoms with Crippen LogP contribution in [0.4, 0.5) is 5.69 Å². The van der Waals surface area contributed by atoms with Gasteiger partial charge in [-0.2, -0.15) is 0 Å². The molecule has 0 bridgehead atoms. The maximum absolute atomic E-state index is 11.7. The summed E-state index contributed by atoms with van der Waals surface area (Å²) in [5.41, 5.74) is 3.66. The SMILES string of the molecule is Cc1ccc(N2CCN(C(=O)CC(=O)O)CC2)c(C)c1. The predicted molar refractivity (Wildman–Crippen MR) is 77.0 cm³/mol. The molecule has 5 heteroatoms. The number of rotatable bonds is 3. The summed E-state index contributed by atoms with van der Waals surface area (Å²) in [5, 5.41) is 8.65. The monoisotopic (exact) mass is 276 g/mol. The first-order valence-electron chi connectivity index (χ1n) is 6.79. The second-order valence-electron chi connectivity index (χ2n) is 5.23. The van der Waals surface area contributed by atoms with Crippen molar-refractivity contribution in [3.8, 4) is 0 Å². The number of aryl methyl sites for hydroxylation is 2. The molecule has 0 radical (unpaired) electrons. The molecule has 1 fully saturated rings. The Hall–Kier alpha value is -2.04. The molecular formula is C15H20N2O3. The van der Waals surface area contributed by atoms with Crippen molar-refractivity contribution in [2.24, 2.45) is 0 Å². The first-order chi connectivity index (χ1) is 9.47. The van der Waals surface area contributed by atoms with Crippen molar-refractivity contribution >= 4 is 17.6 Å². The molecule has 0 saturated carbocycles. The standard InChI is InChI=1S/C15H20N2O3/c1-11-3-4-13(12(2)9-11)16-5-7-17(8-6-16)14(18)10-15(19)20/h3-4,9H,5-8,10H2,1-2H3,(H,19,20). The highest BCUT2D eigenvalue weighted by Crippen LogP contribution is 2.22. The summed E-state index contributed by atoms with van der Waals surface area (Å²) < 4.78 is 0. The molecule has 0 aromatic heterocycles. The average molecular weight is 276 g/mol. The van der Waals surface area contributed by atoms with Crippen LogP contribution in [0.2, 0.25) is 0 Å². The zero-order chi connectivity index (χ0) is 14.7. The van der Waals surface area contributed by atoms with Crippen LogP contribution in [0.3, 0.4) is 0 Å². The van der Waals surface area contributed by atoms with Crippen LogP contribution < -0.4 is 4.90 Å². The first kappa shape index (κ1) is 14.4. The summed E-state index contributed by atoms with van der Waals surface area (Å²) in [4.78, 5) is 26.1. The average Bonchev–Trinajstić information content (AvgIpc) is 2.38. The number of carbonyl (C=O) groups is 2. The molecule has 2 rings (SSSR count). The van der Waals surface area contributed by atoms with Crippen LogP contribution in [0, 0.1) is 13.8 Å². The Kier molecular flexibility index (Phi) is 4.27. The molecule has 1 N–H and O–H groups in total. The van der Waals surface area contributed by atoms with E-state index >= 15 is 0 Å². The Bertz CT molecular complexity index is 520. The van der Waals surface area contributed by atoms with Gasteiger partial charge in [0.2, 0.25) is 5.91 Å². The van der Waals surface area contributed by atoms with E-state index in [1.807, 2.05) is 0 Å². The van der Waals surface area contributed by atoms with Gasteiger partial charge >= 0.3 is 5.97 Å². The molecule has 1 saturated heterocycles. The van der Waals surface area contributed by atoms with Crippen LogP contribution in [0.1, 0.15) is 17.5 Å². The van der Waals surface area contributed by atoms with Crippen molar-refractivity contribution in [1.82, 2.24) is 4.90 Å². The van der Waals surface area contributed by atoms with Crippen molar-refractivity contribution in [1.29, 1.82) is 0 Å². The minimum absolute atomic E-state index is 0.294. The number of hydrogen-bond donors (Lipinski definition) is 1. The number of carboxylic acid groups (broad SMARTS) is 1. The molecule has 5 nitrogen and oxygen atoms in total. The summed E-state index contributed by atoms with van der Waals surface area (Å²) in [6.45, 7) is 6.81. The highest BCUT2D eigenvalue weighted by molar-refractivity contribution is 5.93. The van der Waals surface area contributed by atoms with Gasteiger partial charge in [-0.1, -0.05) is 17.7 Å².